The van der Waals surface area contributed by atoms with Crippen molar-refractivity contribution in [1.82, 2.24) is 15.2 Å². The third kappa shape index (κ3) is 4.85. The first-order valence-electron chi connectivity index (χ1n) is 9.41. The van der Waals surface area contributed by atoms with Crippen LogP contribution in [0.4, 0.5) is 5.69 Å². The first-order valence-corrected chi connectivity index (χ1v) is 11.0. The summed E-state index contributed by atoms with van der Waals surface area (Å²) < 4.78 is 1.22. The fraction of sp³-hybridized carbons (Fsp3) is 0.286. The second-order valence-corrected chi connectivity index (χ2v) is 9.05. The highest BCUT2D eigenvalue weighted by atomic mass is 35.5. The lowest BCUT2D eigenvalue weighted by molar-refractivity contribution is -0.126. The zero-order valence-corrected chi connectivity index (χ0v) is 18.3. The number of amides is 1. The molecule has 2 heterocycles. The standard InChI is InChI=1S/C21H22Cl2N4OS/c1-26-5-7-27(8-6-26)20(15-2-3-19-14(10-15)4-9-29-19)21(28)25-24-18-12-16(22)11-17(23)13-18/h2-4,9-13,20,24H,5-8H2,1H3,(H,25,28). The van der Waals surface area contributed by atoms with Crippen LogP contribution in [0.25, 0.3) is 10.1 Å². The summed E-state index contributed by atoms with van der Waals surface area (Å²) in [6.45, 7) is 3.53. The second-order valence-electron chi connectivity index (χ2n) is 7.23. The van der Waals surface area contributed by atoms with E-state index in [9.17, 15) is 4.79 Å². The highest BCUT2D eigenvalue weighted by Gasteiger charge is 2.30. The smallest absolute Gasteiger partial charge is 0.260 e. The Morgan fingerprint density at radius 2 is 1.76 bits per heavy atom. The monoisotopic (exact) mass is 448 g/mol. The number of fused-ring (bicyclic) bond motifs is 1. The molecule has 2 N–H and O–H groups in total. The van der Waals surface area contributed by atoms with Gasteiger partial charge in [0.2, 0.25) is 0 Å². The van der Waals surface area contributed by atoms with Crippen molar-refractivity contribution >= 4 is 56.2 Å². The Kier molecular flexibility index (Phi) is 6.27. The van der Waals surface area contributed by atoms with Crippen molar-refractivity contribution in [3.63, 3.8) is 0 Å². The summed E-state index contributed by atoms with van der Waals surface area (Å²) in [6.07, 6.45) is 0. The third-order valence-electron chi connectivity index (χ3n) is 5.14. The van der Waals surface area contributed by atoms with Gasteiger partial charge in [-0.05, 0) is 59.8 Å². The molecule has 0 spiro atoms. The van der Waals surface area contributed by atoms with E-state index < -0.39 is 0 Å². The van der Waals surface area contributed by atoms with Crippen molar-refractivity contribution in [2.24, 2.45) is 0 Å². The number of carbonyl (C=O) groups is 1. The Labute approximate surface area is 184 Å². The van der Waals surface area contributed by atoms with Crippen molar-refractivity contribution < 1.29 is 4.79 Å². The number of likely N-dealkylation sites (N-methyl/N-ethyl adjacent to an activating group) is 1. The van der Waals surface area contributed by atoms with Crippen LogP contribution in [-0.4, -0.2) is 48.9 Å². The van der Waals surface area contributed by atoms with Crippen molar-refractivity contribution in [2.75, 3.05) is 38.7 Å². The molecule has 1 fully saturated rings. The summed E-state index contributed by atoms with van der Waals surface area (Å²) >= 11 is 13.8. The quantitative estimate of drug-likeness (QED) is 0.558. The van der Waals surface area contributed by atoms with E-state index in [0.29, 0.717) is 15.7 Å². The Morgan fingerprint density at radius 3 is 2.48 bits per heavy atom. The number of benzene rings is 2. The molecule has 1 amide bonds. The first kappa shape index (κ1) is 20.4. The molecule has 1 aromatic heterocycles. The topological polar surface area (TPSA) is 47.6 Å². The van der Waals surface area contributed by atoms with E-state index in [0.717, 1.165) is 37.1 Å². The van der Waals surface area contributed by atoms with E-state index in [1.54, 1.807) is 29.5 Å². The molecule has 1 aliphatic rings. The number of halogens is 2. The number of hydrazine groups is 1. The maximum absolute atomic E-state index is 13.2. The molecular weight excluding hydrogens is 427 g/mol. The van der Waals surface area contributed by atoms with Gasteiger partial charge in [-0.1, -0.05) is 29.3 Å². The second kappa shape index (κ2) is 8.90. The number of rotatable bonds is 5. The lowest BCUT2D eigenvalue weighted by Crippen LogP contribution is -2.50. The van der Waals surface area contributed by atoms with E-state index in [4.69, 9.17) is 23.2 Å². The van der Waals surface area contributed by atoms with Crippen LogP contribution in [0.3, 0.4) is 0 Å². The highest BCUT2D eigenvalue weighted by molar-refractivity contribution is 7.17. The Bertz CT molecular complexity index is 997. The summed E-state index contributed by atoms with van der Waals surface area (Å²) in [6, 6.07) is 13.1. The van der Waals surface area contributed by atoms with E-state index in [1.165, 1.54) is 4.70 Å². The third-order valence-corrected chi connectivity index (χ3v) is 6.47. The van der Waals surface area contributed by atoms with Crippen LogP contribution in [0, 0.1) is 0 Å². The molecule has 0 saturated carbocycles. The van der Waals surface area contributed by atoms with Gasteiger partial charge in [0.1, 0.15) is 6.04 Å². The van der Waals surface area contributed by atoms with Crippen molar-refractivity contribution in [2.45, 2.75) is 6.04 Å². The predicted octanol–water partition coefficient (Wildman–Crippen LogP) is 4.64. The molecule has 0 radical (unpaired) electrons. The van der Waals surface area contributed by atoms with Crippen LogP contribution in [0.2, 0.25) is 10.0 Å². The van der Waals surface area contributed by atoms with Crippen LogP contribution < -0.4 is 10.9 Å². The highest BCUT2D eigenvalue weighted by Crippen LogP contribution is 2.29. The number of piperazine rings is 1. The summed E-state index contributed by atoms with van der Waals surface area (Å²) in [7, 11) is 2.11. The van der Waals surface area contributed by atoms with Gasteiger partial charge in [-0.2, -0.15) is 0 Å². The zero-order valence-electron chi connectivity index (χ0n) is 16.0. The largest absolute Gasteiger partial charge is 0.304 e. The molecule has 0 bridgehead atoms. The lowest BCUT2D eigenvalue weighted by Gasteiger charge is -2.37. The molecule has 152 valence electrons. The SMILES string of the molecule is CN1CCN(C(C(=O)NNc2cc(Cl)cc(Cl)c2)c2ccc3sccc3c2)CC1. The summed E-state index contributed by atoms with van der Waals surface area (Å²) in [5.41, 5.74) is 7.43. The molecule has 0 aliphatic carbocycles. The van der Waals surface area contributed by atoms with Crippen LogP contribution in [0.1, 0.15) is 11.6 Å². The number of thiophene rings is 1. The fourth-order valence-electron chi connectivity index (χ4n) is 3.59. The van der Waals surface area contributed by atoms with Crippen LogP contribution in [0.15, 0.2) is 47.8 Å². The Balaban J connectivity index is 1.57. The summed E-state index contributed by atoms with van der Waals surface area (Å²) in [4.78, 5) is 17.8. The number of nitrogens with one attached hydrogen (secondary N) is 2. The lowest BCUT2D eigenvalue weighted by atomic mass is 10.0. The van der Waals surface area contributed by atoms with E-state index >= 15 is 0 Å². The number of nitrogens with zero attached hydrogens (tertiary/aromatic N) is 2. The average Bonchev–Trinajstić information content (AvgIpc) is 3.15. The molecule has 29 heavy (non-hydrogen) atoms. The molecule has 1 unspecified atom stereocenters. The molecule has 1 atom stereocenters. The zero-order chi connectivity index (χ0) is 20.4. The fourth-order valence-corrected chi connectivity index (χ4v) is 4.89. The maximum Gasteiger partial charge on any atom is 0.260 e. The molecule has 3 aromatic rings. The van der Waals surface area contributed by atoms with Crippen molar-refractivity contribution in [3.8, 4) is 0 Å². The average molecular weight is 449 g/mol. The molecule has 1 aliphatic heterocycles. The van der Waals surface area contributed by atoms with E-state index in [1.807, 2.05) is 0 Å². The van der Waals surface area contributed by atoms with Gasteiger partial charge < -0.3 is 4.90 Å². The van der Waals surface area contributed by atoms with Crippen molar-refractivity contribution in [3.05, 3.63) is 63.5 Å². The Hall–Kier alpha value is -1.83. The van der Waals surface area contributed by atoms with E-state index in [-0.39, 0.29) is 11.9 Å². The van der Waals surface area contributed by atoms with Gasteiger partial charge >= 0.3 is 0 Å². The molecule has 4 rings (SSSR count). The summed E-state index contributed by atoms with van der Waals surface area (Å²) in [5, 5.41) is 4.25. The van der Waals surface area contributed by atoms with Gasteiger partial charge in [0, 0.05) is 40.9 Å². The van der Waals surface area contributed by atoms with Crippen molar-refractivity contribution in [1.29, 1.82) is 0 Å². The van der Waals surface area contributed by atoms with Gasteiger partial charge in [0.15, 0.2) is 0 Å². The molecule has 8 heteroatoms. The number of anilines is 1. The molecule has 1 saturated heterocycles. The van der Waals surface area contributed by atoms with Gasteiger partial charge in [-0.3, -0.25) is 20.5 Å². The van der Waals surface area contributed by atoms with Crippen LogP contribution in [-0.2, 0) is 4.79 Å². The van der Waals surface area contributed by atoms with Crippen LogP contribution >= 0.6 is 34.5 Å². The first-order chi connectivity index (χ1) is 14.0. The van der Waals surface area contributed by atoms with Gasteiger partial charge in [0.25, 0.3) is 5.91 Å². The normalized spacial score (nSPS) is 16.7. The van der Waals surface area contributed by atoms with E-state index in [2.05, 4.69) is 57.3 Å². The predicted molar refractivity (Wildman–Crippen MR) is 122 cm³/mol. The summed E-state index contributed by atoms with van der Waals surface area (Å²) in [5.74, 6) is -0.111. The molecule has 5 nitrogen and oxygen atoms in total. The minimum absolute atomic E-state index is 0.111. The minimum atomic E-state index is -0.379. The minimum Gasteiger partial charge on any atom is -0.304 e. The number of hydrogen-bond donors (Lipinski definition) is 2. The Morgan fingerprint density at radius 1 is 1.03 bits per heavy atom. The maximum atomic E-state index is 13.2. The van der Waals surface area contributed by atoms with Gasteiger partial charge in [0.05, 0.1) is 5.69 Å². The van der Waals surface area contributed by atoms with Crippen LogP contribution in [0.5, 0.6) is 0 Å². The van der Waals surface area contributed by atoms with Gasteiger partial charge in [-0.15, -0.1) is 11.3 Å². The van der Waals surface area contributed by atoms with Gasteiger partial charge in [-0.25, -0.2) is 0 Å². The molecular formula is C21H22Cl2N4OS. The molecule has 2 aromatic carbocycles. The number of hydrogen-bond acceptors (Lipinski definition) is 5. The number of carbonyl (C=O) groups excluding carboxylic acids is 1.